The first kappa shape index (κ1) is 15.1. The summed E-state index contributed by atoms with van der Waals surface area (Å²) in [6, 6.07) is 0. The topological polar surface area (TPSA) is 8.81 Å². The van der Waals surface area contributed by atoms with Crippen LogP contribution < -0.4 is 4.48 Å². The number of hydrogen-bond acceptors (Lipinski definition) is 0. The Labute approximate surface area is 114 Å². The van der Waals surface area contributed by atoms with E-state index in [1.54, 1.807) is 0 Å². The summed E-state index contributed by atoms with van der Waals surface area (Å²) in [4.78, 5) is 0. The van der Waals surface area contributed by atoms with Crippen molar-refractivity contribution in [2.75, 3.05) is 0 Å². The first-order valence-electron chi connectivity index (χ1n) is 7.63. The average Bonchev–Trinajstić information content (AvgIpc) is 2.91. The molecule has 0 fully saturated rings. The van der Waals surface area contributed by atoms with Crippen LogP contribution in [0.2, 0.25) is 25.8 Å². The molecule has 0 spiro atoms. The molecule has 1 aromatic rings. The molecule has 0 saturated carbocycles. The standard InChI is InChI=1S/C14H29B2N2/c1-7-15(6,8-2)17-12-13-18(14-17)16(9-3,10-4)11-5/h7-8,12-14H,9-11H2,1-6H3/q+1. The van der Waals surface area contributed by atoms with E-state index in [4.69, 9.17) is 0 Å². The third kappa shape index (κ3) is 2.43. The molecular weight excluding hydrogens is 218 g/mol. The second-order valence-electron chi connectivity index (χ2n) is 6.03. The van der Waals surface area contributed by atoms with Crippen LogP contribution in [-0.2, 0) is 0 Å². The SMILES string of the molecule is C[CH+][B-](C)([CH+]C)n1cc[n+]([B-](CC)(CC)CC)c1. The van der Waals surface area contributed by atoms with Gasteiger partial charge in [0, 0.05) is 13.8 Å². The Morgan fingerprint density at radius 2 is 1.56 bits per heavy atom. The molecule has 0 bridgehead atoms. The molecule has 0 N–H and O–H groups in total. The Kier molecular flexibility index (Phi) is 4.89. The highest BCUT2D eigenvalue weighted by molar-refractivity contribution is 6.83. The predicted octanol–water partition coefficient (Wildman–Crippen LogP) is 3.58. The maximum atomic E-state index is 2.48. The minimum atomic E-state index is -0.672. The molecule has 0 saturated heterocycles. The van der Waals surface area contributed by atoms with Crippen LogP contribution in [0.1, 0.15) is 34.6 Å². The van der Waals surface area contributed by atoms with E-state index in [0.29, 0.717) is 0 Å². The summed E-state index contributed by atoms with van der Waals surface area (Å²) in [7, 11) is 0. The number of nitrogens with zero attached hydrogens (tertiary/aromatic N) is 2. The van der Waals surface area contributed by atoms with Crippen LogP contribution in [0.15, 0.2) is 18.7 Å². The molecule has 1 aromatic heterocycles. The van der Waals surface area contributed by atoms with E-state index >= 15 is 0 Å². The lowest BCUT2D eigenvalue weighted by atomic mass is 9.30. The number of hydrogen-bond donors (Lipinski definition) is 0. The maximum absolute atomic E-state index is 2.48. The summed E-state index contributed by atoms with van der Waals surface area (Å²) in [5.74, 6) is 0. The zero-order valence-corrected chi connectivity index (χ0v) is 13.1. The summed E-state index contributed by atoms with van der Waals surface area (Å²) in [6.07, 6.45) is 14.1. The fourth-order valence-corrected chi connectivity index (χ4v) is 3.07. The third-order valence-electron chi connectivity index (χ3n) is 5.58. The Bertz CT molecular complexity index is 357. The smallest absolute Gasteiger partial charge is 0.439 e. The van der Waals surface area contributed by atoms with Gasteiger partial charge < -0.3 is 8.96 Å². The van der Waals surface area contributed by atoms with Gasteiger partial charge in [-0.25, -0.2) is 0 Å². The molecule has 18 heavy (non-hydrogen) atoms. The second-order valence-corrected chi connectivity index (χ2v) is 6.03. The quantitative estimate of drug-likeness (QED) is 0.514. The molecular formula is C14H29B2N2+. The Hall–Kier alpha value is -0.920. The molecule has 0 atom stereocenters. The largest absolute Gasteiger partial charge is 0.548 e. The lowest BCUT2D eigenvalue weighted by Gasteiger charge is -2.32. The number of aromatic nitrogens is 2. The van der Waals surface area contributed by atoms with Crippen molar-refractivity contribution in [2.45, 2.75) is 60.4 Å². The zero-order chi connectivity index (χ0) is 13.8. The van der Waals surface area contributed by atoms with Gasteiger partial charge in [0.2, 0.25) is 0 Å². The number of rotatable bonds is 7. The lowest BCUT2D eigenvalue weighted by Crippen LogP contribution is -2.62. The van der Waals surface area contributed by atoms with E-state index in [1.165, 1.54) is 19.0 Å². The minimum absolute atomic E-state index is 0.430. The van der Waals surface area contributed by atoms with Gasteiger partial charge in [-0.3, -0.25) is 0 Å². The highest BCUT2D eigenvalue weighted by atomic mass is 15.1. The molecule has 0 aliphatic heterocycles. The normalized spacial score (nSPS) is 12.6. The monoisotopic (exact) mass is 247 g/mol. The summed E-state index contributed by atoms with van der Waals surface area (Å²) in [6.45, 7) is 13.6. The predicted molar refractivity (Wildman–Crippen MR) is 84.2 cm³/mol. The summed E-state index contributed by atoms with van der Waals surface area (Å²) >= 11 is 0. The molecule has 0 radical (unpaired) electrons. The Balaban J connectivity index is 3.12. The van der Waals surface area contributed by atoms with Crippen LogP contribution in [0.5, 0.6) is 0 Å². The Morgan fingerprint density at radius 3 is 1.94 bits per heavy atom. The van der Waals surface area contributed by atoms with Gasteiger partial charge in [-0.05, 0) is 19.5 Å². The maximum Gasteiger partial charge on any atom is 0.548 e. The van der Waals surface area contributed by atoms with Crippen molar-refractivity contribution in [2.24, 2.45) is 0 Å². The first-order chi connectivity index (χ1) is 8.51. The van der Waals surface area contributed by atoms with E-state index in [9.17, 15) is 0 Å². The van der Waals surface area contributed by atoms with Crippen LogP contribution in [0.25, 0.3) is 0 Å². The fraction of sp³-hybridized carbons (Fsp3) is 0.643. The van der Waals surface area contributed by atoms with E-state index in [-0.39, 0.29) is 0 Å². The molecule has 1 rings (SSSR count). The van der Waals surface area contributed by atoms with Crippen LogP contribution in [-0.4, -0.2) is 17.0 Å². The van der Waals surface area contributed by atoms with Gasteiger partial charge in [-0.1, -0.05) is 20.8 Å². The molecule has 100 valence electrons. The van der Waals surface area contributed by atoms with Crippen molar-refractivity contribution in [3.8, 4) is 0 Å². The van der Waals surface area contributed by atoms with Crippen LogP contribution in [0.3, 0.4) is 0 Å². The highest BCUT2D eigenvalue weighted by Crippen LogP contribution is 2.18. The molecule has 0 amide bonds. The van der Waals surface area contributed by atoms with Crippen molar-refractivity contribution in [3.63, 3.8) is 0 Å². The zero-order valence-electron chi connectivity index (χ0n) is 13.1. The Morgan fingerprint density at radius 1 is 1.06 bits per heavy atom. The average molecular weight is 247 g/mol. The minimum Gasteiger partial charge on any atom is -0.439 e. The van der Waals surface area contributed by atoms with Crippen LogP contribution in [0, 0.1) is 12.6 Å². The van der Waals surface area contributed by atoms with Gasteiger partial charge in [0.1, 0.15) is 0 Å². The van der Waals surface area contributed by atoms with Gasteiger partial charge in [0.15, 0.2) is 12.6 Å². The lowest BCUT2D eigenvalue weighted by molar-refractivity contribution is -0.547. The van der Waals surface area contributed by atoms with Gasteiger partial charge in [-0.15, -0.1) is 19.0 Å². The molecule has 4 heteroatoms. The van der Waals surface area contributed by atoms with E-state index in [0.717, 1.165) is 0 Å². The van der Waals surface area contributed by atoms with E-state index in [2.05, 4.69) is 81.8 Å². The van der Waals surface area contributed by atoms with Crippen molar-refractivity contribution in [3.05, 3.63) is 31.4 Å². The van der Waals surface area contributed by atoms with Gasteiger partial charge in [-0.2, -0.15) is 0 Å². The van der Waals surface area contributed by atoms with Gasteiger partial charge >= 0.3 is 6.28 Å². The summed E-state index contributed by atoms with van der Waals surface area (Å²) in [5.41, 5.74) is 0. The third-order valence-corrected chi connectivity index (χ3v) is 5.58. The first-order valence-corrected chi connectivity index (χ1v) is 7.63. The molecule has 0 aliphatic carbocycles. The molecule has 1 heterocycles. The molecule has 0 aromatic carbocycles. The fourth-order valence-electron chi connectivity index (χ4n) is 3.07. The molecule has 0 unspecified atom stereocenters. The van der Waals surface area contributed by atoms with Crippen molar-refractivity contribution >= 4 is 12.6 Å². The van der Waals surface area contributed by atoms with Gasteiger partial charge in [0.25, 0.3) is 0 Å². The van der Waals surface area contributed by atoms with Crippen LogP contribution in [0.4, 0.5) is 0 Å². The summed E-state index contributed by atoms with van der Waals surface area (Å²) in [5, 5.41) is 0. The second kappa shape index (κ2) is 5.81. The molecule has 0 aliphatic rings. The van der Waals surface area contributed by atoms with Gasteiger partial charge in [0.05, 0.1) is 12.4 Å². The highest BCUT2D eigenvalue weighted by Gasteiger charge is 2.44. The number of imidazole rings is 1. The van der Waals surface area contributed by atoms with Crippen molar-refractivity contribution < 1.29 is 4.48 Å². The van der Waals surface area contributed by atoms with E-state index in [1.807, 2.05) is 0 Å². The van der Waals surface area contributed by atoms with Crippen molar-refractivity contribution in [1.29, 1.82) is 0 Å². The van der Waals surface area contributed by atoms with Crippen molar-refractivity contribution in [1.82, 2.24) is 4.48 Å². The van der Waals surface area contributed by atoms with Crippen LogP contribution >= 0.6 is 0 Å². The molecule has 2 nitrogen and oxygen atoms in total. The summed E-state index contributed by atoms with van der Waals surface area (Å²) < 4.78 is 4.85. The van der Waals surface area contributed by atoms with E-state index < -0.39 is 12.6 Å².